The molecule has 2 fully saturated rings. The highest BCUT2D eigenvalue weighted by molar-refractivity contribution is 5.68. The summed E-state index contributed by atoms with van der Waals surface area (Å²) in [5, 5.41) is 18.0. The summed E-state index contributed by atoms with van der Waals surface area (Å²) >= 11 is 0. The zero-order valence-corrected chi connectivity index (χ0v) is 24.1. The third kappa shape index (κ3) is 6.90. The van der Waals surface area contributed by atoms with Gasteiger partial charge in [-0.3, -0.25) is 4.79 Å². The summed E-state index contributed by atoms with van der Waals surface area (Å²) in [5.41, 5.74) is 6.60. The van der Waals surface area contributed by atoms with Crippen molar-refractivity contribution in [3.05, 3.63) is 65.1 Å². The van der Waals surface area contributed by atoms with Gasteiger partial charge in [-0.05, 0) is 92.9 Å². The zero-order valence-electron chi connectivity index (χ0n) is 24.1. The molecule has 9 nitrogen and oxygen atoms in total. The van der Waals surface area contributed by atoms with Gasteiger partial charge >= 0.3 is 5.97 Å². The Morgan fingerprint density at radius 1 is 1.15 bits per heavy atom. The quantitative estimate of drug-likeness (QED) is 0.381. The van der Waals surface area contributed by atoms with E-state index in [2.05, 4.69) is 50.5 Å². The van der Waals surface area contributed by atoms with E-state index < -0.39 is 5.97 Å². The lowest BCUT2D eigenvalue weighted by molar-refractivity contribution is -0.137. The van der Waals surface area contributed by atoms with Crippen LogP contribution in [-0.4, -0.2) is 83.2 Å². The first-order chi connectivity index (χ1) is 20.0. The Balaban J connectivity index is 1.16. The number of nitrogens with zero attached hydrogens (tertiary/aromatic N) is 5. The van der Waals surface area contributed by atoms with Crippen LogP contribution in [0.1, 0.15) is 54.1 Å². The van der Waals surface area contributed by atoms with Gasteiger partial charge in [0.25, 0.3) is 0 Å². The number of hydrogen-bond acceptors (Lipinski definition) is 7. The van der Waals surface area contributed by atoms with Crippen molar-refractivity contribution < 1.29 is 14.6 Å². The molecule has 0 unspecified atom stereocenters. The van der Waals surface area contributed by atoms with E-state index in [4.69, 9.17) is 9.72 Å². The maximum atomic E-state index is 12.1. The van der Waals surface area contributed by atoms with Crippen molar-refractivity contribution in [2.75, 3.05) is 62.7 Å². The molecule has 2 atom stereocenters. The number of rotatable bonds is 10. The molecule has 3 aromatic rings. The van der Waals surface area contributed by atoms with Gasteiger partial charge in [-0.15, -0.1) is 0 Å². The molecule has 0 spiro atoms. The van der Waals surface area contributed by atoms with E-state index in [9.17, 15) is 9.90 Å². The van der Waals surface area contributed by atoms with Crippen LogP contribution in [0.2, 0.25) is 0 Å². The number of benzene rings is 1. The molecule has 9 heteroatoms. The van der Waals surface area contributed by atoms with E-state index in [0.29, 0.717) is 19.1 Å². The molecular formula is C32H42N6O3. The summed E-state index contributed by atoms with van der Waals surface area (Å²) in [6, 6.07) is 12.9. The zero-order chi connectivity index (χ0) is 28.2. The number of morpholine rings is 1. The van der Waals surface area contributed by atoms with E-state index in [1.807, 2.05) is 23.9 Å². The van der Waals surface area contributed by atoms with Gasteiger partial charge in [-0.2, -0.15) is 5.10 Å². The van der Waals surface area contributed by atoms with Crippen molar-refractivity contribution in [3.8, 4) is 5.69 Å². The van der Waals surface area contributed by atoms with Crippen LogP contribution in [0.5, 0.6) is 0 Å². The highest BCUT2D eigenvalue weighted by Gasteiger charge is 2.28. The first-order valence-electron chi connectivity index (χ1n) is 15.2. The number of aliphatic carboxylic acids is 1. The van der Waals surface area contributed by atoms with E-state index in [1.54, 1.807) is 0 Å². The monoisotopic (exact) mass is 558 g/mol. The summed E-state index contributed by atoms with van der Waals surface area (Å²) in [5.74, 6) is 0.818. The number of likely N-dealkylation sites (tertiary alicyclic amines) is 1. The van der Waals surface area contributed by atoms with E-state index >= 15 is 0 Å². The van der Waals surface area contributed by atoms with Crippen molar-refractivity contribution >= 4 is 17.5 Å². The van der Waals surface area contributed by atoms with Gasteiger partial charge in [0.1, 0.15) is 5.82 Å². The number of carboxylic acid groups (broad SMARTS) is 1. The SMILES string of the molecule is Cc1ccn(-c2cc([C@H](CC(=O)O)CN3CC[C@@H](CCc4ccc5c(n4)NCCC5)C3)cc(N3CCOCC3)c2)n1. The summed E-state index contributed by atoms with van der Waals surface area (Å²) in [7, 11) is 0. The average Bonchev–Trinajstić information content (AvgIpc) is 3.64. The molecule has 218 valence electrons. The molecule has 3 aliphatic rings. The van der Waals surface area contributed by atoms with E-state index in [1.165, 1.54) is 17.7 Å². The molecule has 2 aromatic heterocycles. The number of carbonyl (C=O) groups is 1. The second kappa shape index (κ2) is 12.6. The van der Waals surface area contributed by atoms with Gasteiger partial charge in [-0.1, -0.05) is 6.07 Å². The fourth-order valence-electron chi connectivity index (χ4n) is 6.53. The minimum atomic E-state index is -0.758. The van der Waals surface area contributed by atoms with Crippen LogP contribution in [0.15, 0.2) is 42.6 Å². The van der Waals surface area contributed by atoms with Gasteiger partial charge in [0.2, 0.25) is 0 Å². The van der Waals surface area contributed by atoms with Gasteiger partial charge in [-0.25, -0.2) is 9.67 Å². The third-order valence-corrected chi connectivity index (χ3v) is 8.79. The Hall–Kier alpha value is -3.43. The highest BCUT2D eigenvalue weighted by Crippen LogP contribution is 2.32. The smallest absolute Gasteiger partial charge is 0.304 e. The molecule has 1 aromatic carbocycles. The van der Waals surface area contributed by atoms with Crippen molar-refractivity contribution in [2.24, 2.45) is 5.92 Å². The number of carboxylic acids is 1. The van der Waals surface area contributed by atoms with Crippen LogP contribution in [-0.2, 0) is 22.4 Å². The molecule has 5 heterocycles. The van der Waals surface area contributed by atoms with Crippen LogP contribution in [0.3, 0.4) is 0 Å². The molecule has 0 amide bonds. The summed E-state index contributed by atoms with van der Waals surface area (Å²) in [6.07, 6.45) is 7.62. The number of aromatic nitrogens is 3. The van der Waals surface area contributed by atoms with Crippen molar-refractivity contribution in [1.29, 1.82) is 0 Å². The van der Waals surface area contributed by atoms with Crippen molar-refractivity contribution in [1.82, 2.24) is 19.7 Å². The Morgan fingerprint density at radius 3 is 2.80 bits per heavy atom. The number of anilines is 2. The fourth-order valence-corrected chi connectivity index (χ4v) is 6.53. The average molecular weight is 559 g/mol. The van der Waals surface area contributed by atoms with Gasteiger partial charge in [0.15, 0.2) is 0 Å². The Bertz CT molecular complexity index is 1350. The lowest BCUT2D eigenvalue weighted by Gasteiger charge is -2.31. The largest absolute Gasteiger partial charge is 0.481 e. The van der Waals surface area contributed by atoms with E-state index in [-0.39, 0.29) is 12.3 Å². The normalized spacial score (nSPS) is 20.0. The maximum absolute atomic E-state index is 12.1. The molecule has 2 N–H and O–H groups in total. The van der Waals surface area contributed by atoms with Crippen LogP contribution in [0.4, 0.5) is 11.5 Å². The predicted octanol–water partition coefficient (Wildman–Crippen LogP) is 4.28. The number of aryl methyl sites for hydroxylation is 3. The van der Waals surface area contributed by atoms with Crippen LogP contribution in [0, 0.1) is 12.8 Å². The van der Waals surface area contributed by atoms with Crippen LogP contribution >= 0.6 is 0 Å². The minimum Gasteiger partial charge on any atom is -0.481 e. The molecule has 6 rings (SSSR count). The minimum absolute atomic E-state index is 0.101. The Labute approximate surface area is 242 Å². The standard InChI is InChI=1S/C32H42N6O3/c1-23-8-12-38(35-23)30-18-26(17-29(20-30)37-13-15-41-16-14-37)27(19-31(39)40)22-36-11-9-24(21-36)4-6-28-7-5-25-3-2-10-33-32(25)34-28/h5,7-8,12,17-18,20,24,27H,2-4,6,9-11,13-16,19,21-22H2,1H3,(H,33,34)(H,39,40)/t24-,27-/m1/s1. The van der Waals surface area contributed by atoms with Crippen LogP contribution < -0.4 is 10.2 Å². The topological polar surface area (TPSA) is 95.8 Å². The van der Waals surface area contributed by atoms with Gasteiger partial charge in [0.05, 0.1) is 31.0 Å². The van der Waals surface area contributed by atoms with E-state index in [0.717, 1.165) is 93.4 Å². The van der Waals surface area contributed by atoms with Crippen molar-refractivity contribution in [3.63, 3.8) is 0 Å². The Morgan fingerprint density at radius 2 is 2.00 bits per heavy atom. The lowest BCUT2D eigenvalue weighted by Crippen LogP contribution is -2.36. The van der Waals surface area contributed by atoms with Gasteiger partial charge in [0, 0.05) is 56.2 Å². The number of hydrogen-bond donors (Lipinski definition) is 2. The first kappa shape index (κ1) is 27.7. The van der Waals surface area contributed by atoms with Gasteiger partial charge < -0.3 is 25.0 Å². The van der Waals surface area contributed by atoms with Crippen LogP contribution in [0.25, 0.3) is 5.69 Å². The molecule has 41 heavy (non-hydrogen) atoms. The number of ether oxygens (including phenoxy) is 1. The third-order valence-electron chi connectivity index (χ3n) is 8.79. The number of nitrogens with one attached hydrogen (secondary N) is 1. The summed E-state index contributed by atoms with van der Waals surface area (Å²) < 4.78 is 7.49. The number of fused-ring (bicyclic) bond motifs is 1. The molecule has 0 radical (unpaired) electrons. The second-order valence-electron chi connectivity index (χ2n) is 11.9. The maximum Gasteiger partial charge on any atom is 0.304 e. The Kier molecular flexibility index (Phi) is 8.53. The summed E-state index contributed by atoms with van der Waals surface area (Å²) in [6.45, 7) is 8.81. The highest BCUT2D eigenvalue weighted by atomic mass is 16.5. The molecule has 0 aliphatic carbocycles. The second-order valence-corrected chi connectivity index (χ2v) is 11.9. The molecule has 3 aliphatic heterocycles. The molecule has 0 bridgehead atoms. The van der Waals surface area contributed by atoms with Crippen molar-refractivity contribution in [2.45, 2.75) is 51.4 Å². The molecule has 0 saturated carbocycles. The summed E-state index contributed by atoms with van der Waals surface area (Å²) in [4.78, 5) is 21.7. The molecule has 2 saturated heterocycles. The fraction of sp³-hybridized carbons (Fsp3) is 0.531. The first-order valence-corrected chi connectivity index (χ1v) is 15.2. The predicted molar refractivity (Wildman–Crippen MR) is 160 cm³/mol. The lowest BCUT2D eigenvalue weighted by atomic mass is 9.93. The number of pyridine rings is 1. The molecular weight excluding hydrogens is 516 g/mol.